The molecule has 0 spiro atoms. The minimum absolute atomic E-state index is 0.0940. The van der Waals surface area contributed by atoms with Crippen molar-refractivity contribution in [2.24, 2.45) is 0 Å². The van der Waals surface area contributed by atoms with Crippen LogP contribution in [-0.4, -0.2) is 33.9 Å². The third-order valence-electron chi connectivity index (χ3n) is 5.32. The van der Waals surface area contributed by atoms with Gasteiger partial charge < -0.3 is 15.2 Å². The van der Waals surface area contributed by atoms with E-state index in [0.29, 0.717) is 6.04 Å². The number of aromatic nitrogens is 3. The number of amides is 1. The van der Waals surface area contributed by atoms with E-state index in [1.165, 1.54) is 44.4 Å². The van der Waals surface area contributed by atoms with Crippen molar-refractivity contribution in [2.75, 3.05) is 11.9 Å². The van der Waals surface area contributed by atoms with Gasteiger partial charge in [-0.05, 0) is 38.8 Å². The molecule has 1 fully saturated rings. The number of aryl methyl sites for hydroxylation is 1. The monoisotopic (exact) mass is 369 g/mol. The van der Waals surface area contributed by atoms with Gasteiger partial charge in [0.1, 0.15) is 5.56 Å². The Bertz CT molecular complexity index is 857. The molecule has 7 heteroatoms. The molecule has 7 nitrogen and oxygen atoms in total. The fraction of sp³-hybridized carbons (Fsp3) is 0.500. The number of hydrogen-bond donors (Lipinski definition) is 2. The second-order valence-electron chi connectivity index (χ2n) is 7.22. The van der Waals surface area contributed by atoms with Crippen molar-refractivity contribution in [1.82, 2.24) is 20.3 Å². The Hall–Kier alpha value is -2.70. The summed E-state index contributed by atoms with van der Waals surface area (Å²) in [7, 11) is 2.05. The lowest BCUT2D eigenvalue weighted by Gasteiger charge is -2.31. The van der Waals surface area contributed by atoms with Crippen LogP contribution in [0.4, 0.5) is 5.95 Å². The number of rotatable bonds is 5. The maximum absolute atomic E-state index is 12.4. The molecule has 0 unspecified atom stereocenters. The smallest absolute Gasteiger partial charge is 0.260 e. The minimum atomic E-state index is -0.410. The number of carbonyl (C=O) groups excluding carboxylic acids is 1. The lowest BCUT2D eigenvalue weighted by atomic mass is 9.95. The molecule has 1 atom stereocenters. The van der Waals surface area contributed by atoms with Crippen LogP contribution in [0.5, 0.6) is 0 Å². The molecule has 2 aromatic heterocycles. The number of anilines is 1. The van der Waals surface area contributed by atoms with Gasteiger partial charge in [-0.25, -0.2) is 9.97 Å². The second kappa shape index (κ2) is 8.33. The first-order valence-electron chi connectivity index (χ1n) is 9.52. The summed E-state index contributed by atoms with van der Waals surface area (Å²) < 4.78 is 0. The first-order chi connectivity index (χ1) is 13.0. The highest BCUT2D eigenvalue weighted by molar-refractivity contribution is 5.94. The Morgan fingerprint density at radius 1 is 1.33 bits per heavy atom. The quantitative estimate of drug-likeness (QED) is 0.846. The van der Waals surface area contributed by atoms with Crippen LogP contribution < -0.4 is 15.8 Å². The van der Waals surface area contributed by atoms with Gasteiger partial charge in [-0.1, -0.05) is 19.3 Å². The zero-order valence-corrected chi connectivity index (χ0v) is 16.2. The summed E-state index contributed by atoms with van der Waals surface area (Å²) in [4.78, 5) is 38.0. The number of aromatic amines is 1. The molecule has 0 aliphatic heterocycles. The Morgan fingerprint density at radius 3 is 2.74 bits per heavy atom. The van der Waals surface area contributed by atoms with Crippen molar-refractivity contribution >= 4 is 11.9 Å². The van der Waals surface area contributed by atoms with Crippen LogP contribution in [0, 0.1) is 6.92 Å². The summed E-state index contributed by atoms with van der Waals surface area (Å²) in [6.07, 6.45) is 9.46. The zero-order chi connectivity index (χ0) is 19.4. The van der Waals surface area contributed by atoms with E-state index in [0.717, 1.165) is 17.2 Å². The number of hydrogen-bond acceptors (Lipinski definition) is 5. The van der Waals surface area contributed by atoms with Gasteiger partial charge in [-0.2, -0.15) is 0 Å². The van der Waals surface area contributed by atoms with Crippen molar-refractivity contribution < 1.29 is 4.79 Å². The van der Waals surface area contributed by atoms with Crippen molar-refractivity contribution in [2.45, 2.75) is 58.0 Å². The van der Waals surface area contributed by atoms with Crippen LogP contribution in [-0.2, 0) is 0 Å². The van der Waals surface area contributed by atoms with Gasteiger partial charge in [0.2, 0.25) is 5.95 Å². The molecule has 1 aliphatic carbocycles. The molecule has 0 bridgehead atoms. The predicted molar refractivity (Wildman–Crippen MR) is 105 cm³/mol. The maximum Gasteiger partial charge on any atom is 0.260 e. The highest BCUT2D eigenvalue weighted by atomic mass is 16.2. The molecule has 3 rings (SSSR count). The van der Waals surface area contributed by atoms with Crippen molar-refractivity contribution in [3.63, 3.8) is 0 Å². The van der Waals surface area contributed by atoms with Crippen molar-refractivity contribution in [3.8, 4) is 0 Å². The topological polar surface area (TPSA) is 91.0 Å². The number of pyridine rings is 1. The molecule has 1 saturated carbocycles. The summed E-state index contributed by atoms with van der Waals surface area (Å²) in [5.41, 5.74) is 1.37. The Kier molecular flexibility index (Phi) is 5.88. The standard InChI is InChI=1S/C20H27N5O2/c1-13(23-19(27)16-10-7-11-21-18(16)26)17-12-22-20(24-14(17)2)25(3)15-8-5-4-6-9-15/h7,10-13,15H,4-6,8-9H2,1-3H3,(H,21,26)(H,23,27)/t13-/m0/s1. The lowest BCUT2D eigenvalue weighted by molar-refractivity contribution is 0.0938. The van der Waals surface area contributed by atoms with Gasteiger partial charge in [0.25, 0.3) is 11.5 Å². The number of nitrogens with zero attached hydrogens (tertiary/aromatic N) is 3. The van der Waals surface area contributed by atoms with Gasteiger partial charge in [0.05, 0.1) is 6.04 Å². The van der Waals surface area contributed by atoms with Crippen LogP contribution in [0.25, 0.3) is 0 Å². The van der Waals surface area contributed by atoms with Gasteiger partial charge in [0.15, 0.2) is 0 Å². The van der Waals surface area contributed by atoms with Crippen molar-refractivity contribution in [3.05, 3.63) is 51.7 Å². The molecule has 2 N–H and O–H groups in total. The van der Waals surface area contributed by atoms with Gasteiger partial charge >= 0.3 is 0 Å². The molecule has 27 heavy (non-hydrogen) atoms. The average molecular weight is 369 g/mol. The summed E-state index contributed by atoms with van der Waals surface area (Å²) in [6, 6.07) is 3.33. The normalized spacial score (nSPS) is 16.0. The molecule has 2 heterocycles. The molecule has 0 radical (unpaired) electrons. The molecule has 2 aromatic rings. The fourth-order valence-corrected chi connectivity index (χ4v) is 3.64. The van der Waals surface area contributed by atoms with Gasteiger partial charge in [-0.15, -0.1) is 0 Å². The summed E-state index contributed by atoms with van der Waals surface area (Å²) in [6.45, 7) is 3.79. The van der Waals surface area contributed by atoms with E-state index in [1.54, 1.807) is 12.3 Å². The van der Waals surface area contributed by atoms with Crippen LogP contribution in [0.3, 0.4) is 0 Å². The lowest BCUT2D eigenvalue weighted by Crippen LogP contribution is -2.35. The molecule has 0 saturated heterocycles. The average Bonchev–Trinajstić information content (AvgIpc) is 2.68. The maximum atomic E-state index is 12.4. The van der Waals surface area contributed by atoms with E-state index in [-0.39, 0.29) is 11.6 Å². The Morgan fingerprint density at radius 2 is 2.07 bits per heavy atom. The van der Waals surface area contributed by atoms with Crippen LogP contribution >= 0.6 is 0 Å². The van der Waals surface area contributed by atoms with Crippen LogP contribution in [0.2, 0.25) is 0 Å². The number of H-pyrrole nitrogens is 1. The highest BCUT2D eigenvalue weighted by Crippen LogP contribution is 2.25. The first kappa shape index (κ1) is 19.1. The molecule has 1 amide bonds. The first-order valence-corrected chi connectivity index (χ1v) is 9.52. The van der Waals surface area contributed by atoms with Crippen LogP contribution in [0.1, 0.15) is 66.7 Å². The van der Waals surface area contributed by atoms with Crippen molar-refractivity contribution in [1.29, 1.82) is 0 Å². The molecule has 1 aliphatic rings. The van der Waals surface area contributed by atoms with E-state index in [9.17, 15) is 9.59 Å². The fourth-order valence-electron chi connectivity index (χ4n) is 3.64. The van der Waals surface area contributed by atoms with E-state index in [1.807, 2.05) is 13.8 Å². The largest absolute Gasteiger partial charge is 0.345 e. The highest BCUT2D eigenvalue weighted by Gasteiger charge is 2.22. The zero-order valence-electron chi connectivity index (χ0n) is 16.2. The Labute approximate surface area is 159 Å². The predicted octanol–water partition coefficient (Wildman–Crippen LogP) is 2.73. The third-order valence-corrected chi connectivity index (χ3v) is 5.32. The number of carbonyl (C=O) groups is 1. The molecule has 0 aromatic carbocycles. The summed E-state index contributed by atoms with van der Waals surface area (Å²) in [5.74, 6) is 0.313. The summed E-state index contributed by atoms with van der Waals surface area (Å²) in [5, 5.41) is 2.85. The Balaban J connectivity index is 1.72. The van der Waals surface area contributed by atoms with E-state index < -0.39 is 11.5 Å². The third kappa shape index (κ3) is 4.35. The number of nitrogens with one attached hydrogen (secondary N) is 2. The second-order valence-corrected chi connectivity index (χ2v) is 7.22. The molecule has 144 valence electrons. The SMILES string of the molecule is Cc1nc(N(C)C2CCCCC2)ncc1[C@H](C)NC(=O)c1ccc[nH]c1=O. The van der Waals surface area contributed by atoms with E-state index >= 15 is 0 Å². The molecular formula is C20H27N5O2. The molecular weight excluding hydrogens is 342 g/mol. The summed E-state index contributed by atoms with van der Waals surface area (Å²) >= 11 is 0. The van der Waals surface area contributed by atoms with E-state index in [2.05, 4.69) is 32.2 Å². The van der Waals surface area contributed by atoms with E-state index in [4.69, 9.17) is 0 Å². The van der Waals surface area contributed by atoms with Gasteiger partial charge in [-0.3, -0.25) is 9.59 Å². The van der Waals surface area contributed by atoms with Gasteiger partial charge in [0, 0.05) is 36.7 Å². The minimum Gasteiger partial charge on any atom is -0.345 e. The van der Waals surface area contributed by atoms with Crippen LogP contribution in [0.15, 0.2) is 29.3 Å².